The summed E-state index contributed by atoms with van der Waals surface area (Å²) < 4.78 is 6.04. The predicted molar refractivity (Wildman–Crippen MR) is 80.1 cm³/mol. The van der Waals surface area contributed by atoms with E-state index in [-0.39, 0.29) is 0 Å². The summed E-state index contributed by atoms with van der Waals surface area (Å²) in [5.74, 6) is 1.70. The van der Waals surface area contributed by atoms with Gasteiger partial charge < -0.3 is 10.1 Å². The Morgan fingerprint density at radius 2 is 1.79 bits per heavy atom. The number of hydrogen-bond acceptors (Lipinski definition) is 2. The van der Waals surface area contributed by atoms with Crippen molar-refractivity contribution < 1.29 is 4.74 Å². The van der Waals surface area contributed by atoms with Crippen LogP contribution in [0.5, 0.6) is 11.5 Å². The number of nitrogens with one attached hydrogen (secondary N) is 1. The van der Waals surface area contributed by atoms with Crippen LogP contribution in [0, 0.1) is 0 Å². The second-order valence-electron chi connectivity index (χ2n) is 4.31. The molecule has 2 rings (SSSR count). The molecular weight excluding hydrogens is 258 g/mol. The van der Waals surface area contributed by atoms with Crippen LogP contribution in [-0.2, 0) is 13.0 Å². The molecule has 0 aliphatic rings. The van der Waals surface area contributed by atoms with Crippen molar-refractivity contribution in [3.8, 4) is 11.5 Å². The molecule has 0 radical (unpaired) electrons. The summed E-state index contributed by atoms with van der Waals surface area (Å²) in [5, 5.41) is 3.84. The Bertz CT molecular complexity index is 554. The van der Waals surface area contributed by atoms with Crippen molar-refractivity contribution in [3.63, 3.8) is 0 Å². The summed E-state index contributed by atoms with van der Waals surface area (Å²) in [5.41, 5.74) is 2.18. The van der Waals surface area contributed by atoms with Crippen LogP contribution in [0.15, 0.2) is 42.5 Å². The van der Waals surface area contributed by atoms with Gasteiger partial charge in [0.25, 0.3) is 0 Å². The second kappa shape index (κ2) is 6.60. The highest BCUT2D eigenvalue weighted by Gasteiger charge is 2.10. The van der Waals surface area contributed by atoms with Gasteiger partial charge in [0.1, 0.15) is 11.5 Å². The summed E-state index contributed by atoms with van der Waals surface area (Å²) in [6.45, 7) is 2.80. The number of aryl methyl sites for hydroxylation is 1. The Kier molecular flexibility index (Phi) is 4.83. The monoisotopic (exact) mass is 275 g/mol. The van der Waals surface area contributed by atoms with Gasteiger partial charge in [-0.25, -0.2) is 0 Å². The fourth-order valence-corrected chi connectivity index (χ4v) is 2.23. The van der Waals surface area contributed by atoms with Gasteiger partial charge in [0.05, 0.1) is 0 Å². The SMILES string of the molecule is CCc1ccccc1Oc1cccc(Cl)c1CNC. The van der Waals surface area contributed by atoms with Crippen LogP contribution in [0.1, 0.15) is 18.1 Å². The normalized spacial score (nSPS) is 10.5. The van der Waals surface area contributed by atoms with Crippen molar-refractivity contribution >= 4 is 11.6 Å². The maximum Gasteiger partial charge on any atom is 0.133 e. The lowest BCUT2D eigenvalue weighted by Gasteiger charge is -2.14. The van der Waals surface area contributed by atoms with E-state index in [2.05, 4.69) is 18.3 Å². The van der Waals surface area contributed by atoms with Crippen molar-refractivity contribution in [3.05, 3.63) is 58.6 Å². The number of para-hydroxylation sites is 1. The first-order chi connectivity index (χ1) is 9.26. The fraction of sp³-hybridized carbons (Fsp3) is 0.250. The third-order valence-corrected chi connectivity index (χ3v) is 3.36. The molecule has 0 amide bonds. The van der Waals surface area contributed by atoms with Crippen LogP contribution in [0.3, 0.4) is 0 Å². The highest BCUT2D eigenvalue weighted by Crippen LogP contribution is 2.32. The molecule has 0 heterocycles. The van der Waals surface area contributed by atoms with Crippen molar-refractivity contribution in [2.24, 2.45) is 0 Å². The Balaban J connectivity index is 2.35. The van der Waals surface area contributed by atoms with Gasteiger partial charge in [-0.3, -0.25) is 0 Å². The molecule has 0 saturated carbocycles. The molecular formula is C16H18ClNO. The summed E-state index contributed by atoms with van der Waals surface area (Å²) in [6, 6.07) is 13.8. The van der Waals surface area contributed by atoms with Crippen LogP contribution < -0.4 is 10.1 Å². The van der Waals surface area contributed by atoms with Crippen LogP contribution in [0.25, 0.3) is 0 Å². The summed E-state index contributed by atoms with van der Waals surface area (Å²) in [6.07, 6.45) is 0.943. The minimum Gasteiger partial charge on any atom is -0.457 e. The van der Waals surface area contributed by atoms with Crippen molar-refractivity contribution in [1.29, 1.82) is 0 Å². The average molecular weight is 276 g/mol. The molecule has 19 heavy (non-hydrogen) atoms. The Morgan fingerprint density at radius 1 is 1.05 bits per heavy atom. The van der Waals surface area contributed by atoms with E-state index in [0.717, 1.165) is 28.5 Å². The molecule has 0 aliphatic heterocycles. The van der Waals surface area contributed by atoms with Crippen LogP contribution >= 0.6 is 11.6 Å². The zero-order valence-corrected chi connectivity index (χ0v) is 12.0. The number of halogens is 1. The molecule has 0 bridgehead atoms. The standard InChI is InChI=1S/C16H18ClNO/c1-3-12-7-4-5-9-15(12)19-16-10-6-8-14(17)13(16)11-18-2/h4-10,18H,3,11H2,1-2H3. The van der Waals surface area contributed by atoms with Crippen LogP contribution in [-0.4, -0.2) is 7.05 Å². The highest BCUT2D eigenvalue weighted by atomic mass is 35.5. The summed E-state index contributed by atoms with van der Waals surface area (Å²) in [7, 11) is 1.90. The lowest BCUT2D eigenvalue weighted by atomic mass is 10.1. The molecule has 2 aromatic carbocycles. The van der Waals surface area contributed by atoms with Gasteiger partial charge in [0.2, 0.25) is 0 Å². The molecule has 0 saturated heterocycles. The molecule has 0 aromatic heterocycles. The van der Waals surface area contributed by atoms with Crippen LogP contribution in [0.2, 0.25) is 5.02 Å². The minimum absolute atomic E-state index is 0.684. The second-order valence-corrected chi connectivity index (χ2v) is 4.72. The van der Waals surface area contributed by atoms with E-state index in [4.69, 9.17) is 16.3 Å². The first-order valence-electron chi connectivity index (χ1n) is 6.44. The number of benzene rings is 2. The lowest BCUT2D eigenvalue weighted by molar-refractivity contribution is 0.469. The molecule has 100 valence electrons. The van der Waals surface area contributed by atoms with Crippen molar-refractivity contribution in [2.45, 2.75) is 19.9 Å². The molecule has 0 aliphatic carbocycles. The minimum atomic E-state index is 0.684. The Labute approximate surface area is 119 Å². The highest BCUT2D eigenvalue weighted by molar-refractivity contribution is 6.31. The Morgan fingerprint density at radius 3 is 2.53 bits per heavy atom. The van der Waals surface area contributed by atoms with E-state index in [1.54, 1.807) is 0 Å². The van der Waals surface area contributed by atoms with E-state index in [1.165, 1.54) is 5.56 Å². The average Bonchev–Trinajstić information content (AvgIpc) is 2.43. The van der Waals surface area contributed by atoms with Gasteiger partial charge in [-0.05, 0) is 37.2 Å². The molecule has 2 nitrogen and oxygen atoms in total. The molecule has 3 heteroatoms. The third-order valence-electron chi connectivity index (χ3n) is 3.00. The van der Waals surface area contributed by atoms with Crippen molar-refractivity contribution in [1.82, 2.24) is 5.32 Å². The first-order valence-corrected chi connectivity index (χ1v) is 6.81. The maximum atomic E-state index is 6.23. The molecule has 0 fully saturated rings. The van der Waals surface area contributed by atoms with E-state index < -0.39 is 0 Å². The number of ether oxygens (including phenoxy) is 1. The topological polar surface area (TPSA) is 21.3 Å². The summed E-state index contributed by atoms with van der Waals surface area (Å²) in [4.78, 5) is 0. The van der Waals surface area contributed by atoms with E-state index in [9.17, 15) is 0 Å². The van der Waals surface area contributed by atoms with Gasteiger partial charge in [-0.2, -0.15) is 0 Å². The molecule has 2 aromatic rings. The number of rotatable bonds is 5. The van der Waals surface area contributed by atoms with Gasteiger partial charge in [0.15, 0.2) is 0 Å². The van der Waals surface area contributed by atoms with Gasteiger partial charge in [0, 0.05) is 17.1 Å². The summed E-state index contributed by atoms with van der Waals surface area (Å²) >= 11 is 6.23. The predicted octanol–water partition coefficient (Wildman–Crippen LogP) is 4.41. The Hall–Kier alpha value is -1.51. The molecule has 0 spiro atoms. The largest absolute Gasteiger partial charge is 0.457 e. The van der Waals surface area contributed by atoms with E-state index >= 15 is 0 Å². The molecule has 1 N–H and O–H groups in total. The van der Waals surface area contributed by atoms with Crippen LogP contribution in [0.4, 0.5) is 0 Å². The van der Waals surface area contributed by atoms with Crippen molar-refractivity contribution in [2.75, 3.05) is 7.05 Å². The zero-order chi connectivity index (χ0) is 13.7. The smallest absolute Gasteiger partial charge is 0.133 e. The zero-order valence-electron chi connectivity index (χ0n) is 11.2. The lowest BCUT2D eigenvalue weighted by Crippen LogP contribution is -2.07. The quantitative estimate of drug-likeness (QED) is 0.872. The van der Waals surface area contributed by atoms with Gasteiger partial charge >= 0.3 is 0 Å². The van der Waals surface area contributed by atoms with Gasteiger partial charge in [-0.15, -0.1) is 0 Å². The first kappa shape index (κ1) is 13.9. The molecule has 0 atom stereocenters. The molecule has 0 unspecified atom stereocenters. The third kappa shape index (κ3) is 3.28. The fourth-order valence-electron chi connectivity index (χ4n) is 2.00. The van der Waals surface area contributed by atoms with E-state index in [0.29, 0.717) is 6.54 Å². The van der Waals surface area contributed by atoms with Gasteiger partial charge in [-0.1, -0.05) is 42.8 Å². The number of hydrogen-bond donors (Lipinski definition) is 1. The maximum absolute atomic E-state index is 6.23. The van der Waals surface area contributed by atoms with E-state index in [1.807, 2.05) is 43.4 Å².